The third-order valence-electron chi connectivity index (χ3n) is 2.23. The van der Waals surface area contributed by atoms with Crippen molar-refractivity contribution < 1.29 is 18.7 Å². The topological polar surface area (TPSA) is 35.5 Å². The molecule has 0 aliphatic heterocycles. The van der Waals surface area contributed by atoms with E-state index in [1.807, 2.05) is 0 Å². The van der Waals surface area contributed by atoms with E-state index < -0.39 is 5.82 Å². The second-order valence-electron chi connectivity index (χ2n) is 3.69. The average Bonchev–Trinajstić information content (AvgIpc) is 2.31. The molecule has 0 radical (unpaired) electrons. The molecule has 100 valence electrons. The predicted molar refractivity (Wildman–Crippen MR) is 67.4 cm³/mol. The Bertz CT molecular complexity index is 396. The van der Waals surface area contributed by atoms with Gasteiger partial charge in [-0.2, -0.15) is 0 Å². The summed E-state index contributed by atoms with van der Waals surface area (Å²) in [6.07, 6.45) is 1.79. The van der Waals surface area contributed by atoms with E-state index in [9.17, 15) is 9.18 Å². The number of rotatable bonds is 7. The summed E-state index contributed by atoms with van der Waals surface area (Å²) in [5.41, 5.74) is 0. The van der Waals surface area contributed by atoms with Gasteiger partial charge in [-0.05, 0) is 38.0 Å². The van der Waals surface area contributed by atoms with Crippen LogP contribution in [0.4, 0.5) is 4.39 Å². The van der Waals surface area contributed by atoms with E-state index in [0.29, 0.717) is 38.2 Å². The Morgan fingerprint density at radius 2 is 2.17 bits per heavy atom. The van der Waals surface area contributed by atoms with Crippen molar-refractivity contribution in [1.82, 2.24) is 0 Å². The molecule has 0 atom stereocenters. The lowest BCUT2D eigenvalue weighted by molar-refractivity contribution is -0.143. The van der Waals surface area contributed by atoms with E-state index >= 15 is 0 Å². The third kappa shape index (κ3) is 5.36. The number of halogens is 2. The van der Waals surface area contributed by atoms with Gasteiger partial charge >= 0.3 is 5.97 Å². The fourth-order valence-electron chi connectivity index (χ4n) is 1.38. The fourth-order valence-corrected chi connectivity index (χ4v) is 1.60. The molecule has 18 heavy (non-hydrogen) atoms. The Hall–Kier alpha value is -1.29. The molecule has 0 unspecified atom stereocenters. The minimum absolute atomic E-state index is 0.197. The zero-order valence-corrected chi connectivity index (χ0v) is 11.0. The molecule has 0 fully saturated rings. The second kappa shape index (κ2) is 7.93. The minimum atomic E-state index is -0.394. The van der Waals surface area contributed by atoms with Crippen molar-refractivity contribution >= 4 is 17.6 Å². The number of unbranched alkanes of at least 4 members (excludes halogenated alkanes) is 1. The highest BCUT2D eigenvalue weighted by Crippen LogP contribution is 2.24. The summed E-state index contributed by atoms with van der Waals surface area (Å²) in [4.78, 5) is 11.0. The summed E-state index contributed by atoms with van der Waals surface area (Å²) in [6.45, 7) is 2.61. The molecular weight excluding hydrogens is 259 g/mol. The average molecular weight is 275 g/mol. The maximum atomic E-state index is 12.8. The van der Waals surface area contributed by atoms with Gasteiger partial charge in [0.1, 0.15) is 11.6 Å². The maximum absolute atomic E-state index is 12.8. The first-order valence-electron chi connectivity index (χ1n) is 5.87. The number of ether oxygens (including phenoxy) is 2. The molecule has 0 bridgehead atoms. The molecule has 0 amide bonds. The largest absolute Gasteiger partial charge is 0.492 e. The van der Waals surface area contributed by atoms with Gasteiger partial charge in [-0.3, -0.25) is 4.79 Å². The first kappa shape index (κ1) is 14.8. The molecule has 0 aliphatic carbocycles. The van der Waals surface area contributed by atoms with Crippen molar-refractivity contribution in [3.8, 4) is 5.75 Å². The Balaban J connectivity index is 2.20. The van der Waals surface area contributed by atoms with Crippen LogP contribution in [0.5, 0.6) is 5.75 Å². The van der Waals surface area contributed by atoms with Gasteiger partial charge in [0.05, 0.1) is 18.2 Å². The molecule has 0 spiro atoms. The summed E-state index contributed by atoms with van der Waals surface area (Å²) in [7, 11) is 0. The molecule has 3 nitrogen and oxygen atoms in total. The molecular formula is C13H16ClFO3. The van der Waals surface area contributed by atoms with Gasteiger partial charge in [0, 0.05) is 6.42 Å². The lowest BCUT2D eigenvalue weighted by Gasteiger charge is -2.07. The summed E-state index contributed by atoms with van der Waals surface area (Å²) in [5, 5.41) is 0.250. The Morgan fingerprint density at radius 1 is 1.39 bits per heavy atom. The molecule has 5 heteroatoms. The van der Waals surface area contributed by atoms with Crippen molar-refractivity contribution in [3.05, 3.63) is 29.0 Å². The molecule has 0 aromatic heterocycles. The van der Waals surface area contributed by atoms with Crippen molar-refractivity contribution in [2.75, 3.05) is 13.2 Å². The van der Waals surface area contributed by atoms with Crippen LogP contribution in [0.25, 0.3) is 0 Å². The van der Waals surface area contributed by atoms with Crippen LogP contribution in [0.3, 0.4) is 0 Å². The van der Waals surface area contributed by atoms with Crippen LogP contribution in [0, 0.1) is 5.82 Å². The SMILES string of the molecule is CCOC(=O)CCCCOc1ccc(F)cc1Cl. The zero-order valence-electron chi connectivity index (χ0n) is 10.2. The smallest absolute Gasteiger partial charge is 0.305 e. The monoisotopic (exact) mass is 274 g/mol. The van der Waals surface area contributed by atoms with Gasteiger partial charge < -0.3 is 9.47 Å². The van der Waals surface area contributed by atoms with Gasteiger partial charge in [0.15, 0.2) is 0 Å². The van der Waals surface area contributed by atoms with Crippen LogP contribution >= 0.6 is 11.6 Å². The first-order chi connectivity index (χ1) is 8.63. The molecule has 0 saturated carbocycles. The number of carbonyl (C=O) groups excluding carboxylic acids is 1. The van der Waals surface area contributed by atoms with Crippen LogP contribution in [0.15, 0.2) is 18.2 Å². The van der Waals surface area contributed by atoms with E-state index in [1.165, 1.54) is 18.2 Å². The van der Waals surface area contributed by atoms with Crippen molar-refractivity contribution in [2.45, 2.75) is 26.2 Å². The summed E-state index contributed by atoms with van der Waals surface area (Å²) in [6, 6.07) is 3.98. The van der Waals surface area contributed by atoms with Crippen LogP contribution in [-0.2, 0) is 9.53 Å². The molecule has 1 aromatic carbocycles. The number of hydrogen-bond donors (Lipinski definition) is 0. The van der Waals surface area contributed by atoms with E-state index in [2.05, 4.69) is 0 Å². The van der Waals surface area contributed by atoms with Gasteiger partial charge in [-0.25, -0.2) is 4.39 Å². The molecule has 1 rings (SSSR count). The van der Waals surface area contributed by atoms with E-state index in [4.69, 9.17) is 21.1 Å². The van der Waals surface area contributed by atoms with Gasteiger partial charge in [-0.15, -0.1) is 0 Å². The molecule has 0 aliphatic rings. The summed E-state index contributed by atoms with van der Waals surface area (Å²) < 4.78 is 22.9. The second-order valence-corrected chi connectivity index (χ2v) is 4.09. The normalized spacial score (nSPS) is 10.2. The zero-order chi connectivity index (χ0) is 13.4. The maximum Gasteiger partial charge on any atom is 0.305 e. The Kier molecular flexibility index (Phi) is 6.50. The summed E-state index contributed by atoms with van der Waals surface area (Å²) in [5.74, 6) is -0.138. The van der Waals surface area contributed by atoms with Crippen molar-refractivity contribution in [1.29, 1.82) is 0 Å². The highest BCUT2D eigenvalue weighted by molar-refractivity contribution is 6.32. The van der Waals surface area contributed by atoms with Gasteiger partial charge in [0.25, 0.3) is 0 Å². The third-order valence-corrected chi connectivity index (χ3v) is 2.53. The standard InChI is InChI=1S/C13H16ClFO3/c1-2-17-13(16)5-3-4-8-18-12-7-6-10(15)9-11(12)14/h6-7,9H,2-5,8H2,1H3. The van der Waals surface area contributed by atoms with Crippen LogP contribution in [0.2, 0.25) is 5.02 Å². The van der Waals surface area contributed by atoms with Crippen molar-refractivity contribution in [2.24, 2.45) is 0 Å². The first-order valence-corrected chi connectivity index (χ1v) is 6.24. The van der Waals surface area contributed by atoms with E-state index in [1.54, 1.807) is 6.92 Å². The highest BCUT2D eigenvalue weighted by atomic mass is 35.5. The predicted octanol–water partition coefficient (Wildman–Crippen LogP) is 3.59. The lowest BCUT2D eigenvalue weighted by atomic mass is 10.2. The number of benzene rings is 1. The van der Waals surface area contributed by atoms with Crippen LogP contribution in [-0.4, -0.2) is 19.2 Å². The van der Waals surface area contributed by atoms with Gasteiger partial charge in [-0.1, -0.05) is 11.6 Å². The fraction of sp³-hybridized carbons (Fsp3) is 0.462. The number of hydrogen-bond acceptors (Lipinski definition) is 3. The lowest BCUT2D eigenvalue weighted by Crippen LogP contribution is -2.05. The van der Waals surface area contributed by atoms with Crippen molar-refractivity contribution in [3.63, 3.8) is 0 Å². The van der Waals surface area contributed by atoms with E-state index in [0.717, 1.165) is 0 Å². The highest BCUT2D eigenvalue weighted by Gasteiger charge is 2.04. The molecule has 0 N–H and O–H groups in total. The minimum Gasteiger partial charge on any atom is -0.492 e. The van der Waals surface area contributed by atoms with Gasteiger partial charge in [0.2, 0.25) is 0 Å². The molecule has 0 heterocycles. The molecule has 0 saturated heterocycles. The van der Waals surface area contributed by atoms with E-state index in [-0.39, 0.29) is 11.0 Å². The quantitative estimate of drug-likeness (QED) is 0.563. The Labute approximate surface area is 111 Å². The number of carbonyl (C=O) groups is 1. The summed E-state index contributed by atoms with van der Waals surface area (Å²) >= 11 is 5.79. The van der Waals surface area contributed by atoms with Crippen LogP contribution in [0.1, 0.15) is 26.2 Å². The molecule has 1 aromatic rings. The van der Waals surface area contributed by atoms with Crippen LogP contribution < -0.4 is 4.74 Å². The number of esters is 1. The Morgan fingerprint density at radius 3 is 2.83 bits per heavy atom.